The first-order chi connectivity index (χ1) is 8.70. The van der Waals surface area contributed by atoms with Crippen molar-refractivity contribution in [1.82, 2.24) is 15.0 Å². The Morgan fingerprint density at radius 3 is 2.78 bits per heavy atom. The molecule has 1 heterocycles. The van der Waals surface area contributed by atoms with Crippen LogP contribution in [0.25, 0.3) is 11.8 Å². The van der Waals surface area contributed by atoms with Crippen molar-refractivity contribution in [3.8, 4) is 5.69 Å². The van der Waals surface area contributed by atoms with Crippen molar-refractivity contribution in [3.05, 3.63) is 58.0 Å². The van der Waals surface area contributed by atoms with E-state index >= 15 is 0 Å². The van der Waals surface area contributed by atoms with Crippen LogP contribution in [0.3, 0.4) is 0 Å². The van der Waals surface area contributed by atoms with Crippen molar-refractivity contribution in [2.75, 3.05) is 0 Å². The quantitative estimate of drug-likeness (QED) is 0.611. The minimum absolute atomic E-state index is 0.120. The van der Waals surface area contributed by atoms with E-state index in [0.29, 0.717) is 12.1 Å². The molecule has 0 spiro atoms. The number of allylic oxidation sites excluding steroid dienone is 1. The first-order valence-electron chi connectivity index (χ1n) is 5.53. The van der Waals surface area contributed by atoms with Crippen LogP contribution in [0.2, 0.25) is 0 Å². The highest BCUT2D eigenvalue weighted by Crippen LogP contribution is 2.09. The first-order valence-corrected chi connectivity index (χ1v) is 5.53. The van der Waals surface area contributed by atoms with Gasteiger partial charge in [-0.25, -0.2) is 0 Å². The third-order valence-electron chi connectivity index (χ3n) is 2.41. The number of nitro groups is 1. The molecule has 2 aromatic rings. The molecular weight excluding hydrogens is 232 g/mol. The van der Waals surface area contributed by atoms with Crippen LogP contribution >= 0.6 is 0 Å². The molecule has 0 bridgehead atoms. The molecule has 0 aliphatic heterocycles. The number of para-hydroxylation sites is 1. The van der Waals surface area contributed by atoms with E-state index in [-0.39, 0.29) is 5.70 Å². The van der Waals surface area contributed by atoms with Crippen molar-refractivity contribution in [2.24, 2.45) is 0 Å². The Labute approximate surface area is 104 Å². The monoisotopic (exact) mass is 244 g/mol. The lowest BCUT2D eigenvalue weighted by Gasteiger charge is -1.96. The molecule has 2 rings (SSSR count). The summed E-state index contributed by atoms with van der Waals surface area (Å²) in [6, 6.07) is 9.38. The lowest BCUT2D eigenvalue weighted by molar-refractivity contribution is -0.425. The second-order valence-electron chi connectivity index (χ2n) is 3.64. The molecule has 6 nitrogen and oxygen atoms in total. The van der Waals surface area contributed by atoms with Crippen molar-refractivity contribution in [2.45, 2.75) is 13.3 Å². The number of rotatable bonds is 4. The van der Waals surface area contributed by atoms with E-state index in [1.54, 1.807) is 6.92 Å². The Kier molecular flexibility index (Phi) is 3.47. The lowest BCUT2D eigenvalue weighted by Crippen LogP contribution is -1.99. The molecule has 1 aromatic heterocycles. The molecule has 0 saturated carbocycles. The molecule has 0 fully saturated rings. The van der Waals surface area contributed by atoms with Gasteiger partial charge in [-0.15, -0.1) is 5.10 Å². The van der Waals surface area contributed by atoms with E-state index in [1.807, 2.05) is 30.3 Å². The van der Waals surface area contributed by atoms with Crippen LogP contribution in [0.15, 0.2) is 42.2 Å². The van der Waals surface area contributed by atoms with E-state index in [2.05, 4.69) is 10.2 Å². The zero-order valence-electron chi connectivity index (χ0n) is 9.85. The normalized spacial score (nSPS) is 11.5. The molecule has 0 atom stereocenters. The minimum Gasteiger partial charge on any atom is -0.259 e. The highest BCUT2D eigenvalue weighted by Gasteiger charge is 2.09. The summed E-state index contributed by atoms with van der Waals surface area (Å²) in [7, 11) is 0. The summed E-state index contributed by atoms with van der Waals surface area (Å²) in [6.45, 7) is 1.73. The standard InChI is InChI=1S/C12H12N4O2/c1-2-11(16(17)18)8-10-9-13-15(14-10)12-6-4-3-5-7-12/h3-9H,2H2,1H3/b11-8+. The highest BCUT2D eigenvalue weighted by molar-refractivity contribution is 5.45. The van der Waals surface area contributed by atoms with Gasteiger partial charge in [-0.3, -0.25) is 10.1 Å². The maximum Gasteiger partial charge on any atom is 0.248 e. The Bertz CT molecular complexity index is 575. The van der Waals surface area contributed by atoms with Crippen molar-refractivity contribution in [3.63, 3.8) is 0 Å². The van der Waals surface area contributed by atoms with Gasteiger partial charge >= 0.3 is 0 Å². The predicted molar refractivity (Wildman–Crippen MR) is 66.6 cm³/mol. The average molecular weight is 244 g/mol. The summed E-state index contributed by atoms with van der Waals surface area (Å²) < 4.78 is 0. The molecule has 0 aliphatic carbocycles. The van der Waals surface area contributed by atoms with E-state index in [9.17, 15) is 10.1 Å². The van der Waals surface area contributed by atoms with Gasteiger partial charge in [0.25, 0.3) is 0 Å². The number of hydrogen-bond donors (Lipinski definition) is 0. The zero-order valence-corrected chi connectivity index (χ0v) is 9.85. The fourth-order valence-corrected chi connectivity index (χ4v) is 1.48. The second kappa shape index (κ2) is 5.22. The largest absolute Gasteiger partial charge is 0.259 e. The van der Waals surface area contributed by atoms with Crippen LogP contribution in [0.1, 0.15) is 19.0 Å². The van der Waals surface area contributed by atoms with Crippen LogP contribution in [0.4, 0.5) is 0 Å². The molecule has 18 heavy (non-hydrogen) atoms. The Morgan fingerprint density at radius 1 is 1.44 bits per heavy atom. The third-order valence-corrected chi connectivity index (χ3v) is 2.41. The first kappa shape index (κ1) is 12.0. The SMILES string of the molecule is CC/C(=C\c1cnn(-c2ccccc2)n1)[N+](=O)[O-]. The van der Waals surface area contributed by atoms with Gasteiger partial charge < -0.3 is 0 Å². The van der Waals surface area contributed by atoms with Crippen LogP contribution in [0.5, 0.6) is 0 Å². The minimum atomic E-state index is -0.401. The highest BCUT2D eigenvalue weighted by atomic mass is 16.6. The fourth-order valence-electron chi connectivity index (χ4n) is 1.48. The molecule has 92 valence electrons. The van der Waals surface area contributed by atoms with Crippen LogP contribution in [-0.4, -0.2) is 19.9 Å². The summed E-state index contributed by atoms with van der Waals surface area (Å²) in [6.07, 6.45) is 3.30. The Morgan fingerprint density at radius 2 is 2.17 bits per heavy atom. The van der Waals surface area contributed by atoms with Crippen molar-refractivity contribution >= 4 is 6.08 Å². The number of aromatic nitrogens is 3. The molecule has 0 aliphatic rings. The molecule has 0 unspecified atom stereocenters. The summed E-state index contributed by atoms with van der Waals surface area (Å²) in [5.41, 5.74) is 1.42. The summed E-state index contributed by atoms with van der Waals surface area (Å²) in [4.78, 5) is 11.7. The lowest BCUT2D eigenvalue weighted by atomic mass is 10.3. The van der Waals surface area contributed by atoms with Gasteiger partial charge in [0.15, 0.2) is 0 Å². The predicted octanol–water partition coefficient (Wildman–Crippen LogP) is 2.29. The van der Waals surface area contributed by atoms with Gasteiger partial charge in [0.2, 0.25) is 5.70 Å². The second-order valence-corrected chi connectivity index (χ2v) is 3.64. The van der Waals surface area contributed by atoms with Gasteiger partial charge in [-0.2, -0.15) is 9.90 Å². The summed E-state index contributed by atoms with van der Waals surface area (Å²) in [5, 5.41) is 18.9. The zero-order chi connectivity index (χ0) is 13.0. The van der Waals surface area contributed by atoms with E-state index in [1.165, 1.54) is 17.1 Å². The molecule has 0 radical (unpaired) electrons. The van der Waals surface area contributed by atoms with E-state index in [4.69, 9.17) is 0 Å². The van der Waals surface area contributed by atoms with Gasteiger partial charge in [-0.1, -0.05) is 25.1 Å². The molecular formula is C12H12N4O2. The Hall–Kier alpha value is -2.50. The van der Waals surface area contributed by atoms with Gasteiger partial charge in [-0.05, 0) is 12.1 Å². The van der Waals surface area contributed by atoms with Gasteiger partial charge in [0.05, 0.1) is 16.8 Å². The third kappa shape index (κ3) is 2.60. The average Bonchev–Trinajstić information content (AvgIpc) is 2.85. The maximum absolute atomic E-state index is 10.7. The smallest absolute Gasteiger partial charge is 0.248 e. The summed E-state index contributed by atoms with van der Waals surface area (Å²) >= 11 is 0. The topological polar surface area (TPSA) is 73.8 Å². The maximum atomic E-state index is 10.7. The van der Waals surface area contributed by atoms with E-state index < -0.39 is 4.92 Å². The molecule has 6 heteroatoms. The molecule has 0 amide bonds. The van der Waals surface area contributed by atoms with Crippen LogP contribution < -0.4 is 0 Å². The van der Waals surface area contributed by atoms with Crippen molar-refractivity contribution in [1.29, 1.82) is 0 Å². The Balaban J connectivity index is 2.29. The molecule has 1 aromatic carbocycles. The fraction of sp³-hybridized carbons (Fsp3) is 0.167. The van der Waals surface area contributed by atoms with Gasteiger partial charge in [0.1, 0.15) is 5.69 Å². The summed E-state index contributed by atoms with van der Waals surface area (Å²) in [5.74, 6) is 0. The van der Waals surface area contributed by atoms with Crippen molar-refractivity contribution < 1.29 is 4.92 Å². The molecule has 0 N–H and O–H groups in total. The van der Waals surface area contributed by atoms with Crippen LogP contribution in [-0.2, 0) is 0 Å². The van der Waals surface area contributed by atoms with Crippen LogP contribution in [0, 0.1) is 10.1 Å². The number of hydrogen-bond acceptors (Lipinski definition) is 4. The molecule has 0 saturated heterocycles. The number of benzene rings is 1. The van der Waals surface area contributed by atoms with E-state index in [0.717, 1.165) is 5.69 Å². The number of nitrogens with zero attached hydrogens (tertiary/aromatic N) is 4. The van der Waals surface area contributed by atoms with Gasteiger partial charge in [0, 0.05) is 12.5 Å².